The molecule has 25 heavy (non-hydrogen) atoms. The van der Waals surface area contributed by atoms with Crippen molar-refractivity contribution in [3.8, 4) is 11.5 Å². The minimum absolute atomic E-state index is 0.0792. The molecule has 6 nitrogen and oxygen atoms in total. The Morgan fingerprint density at radius 1 is 1.16 bits per heavy atom. The number of carboxylic acids is 1. The second kappa shape index (κ2) is 7.33. The van der Waals surface area contributed by atoms with Gasteiger partial charge in [0, 0.05) is 12.1 Å². The maximum atomic E-state index is 13.0. The zero-order valence-corrected chi connectivity index (χ0v) is 14.7. The van der Waals surface area contributed by atoms with E-state index in [1.807, 2.05) is 13.8 Å². The number of likely N-dealkylation sites (tertiary alicyclic amines) is 1. The third-order valence-electron chi connectivity index (χ3n) is 5.19. The number of carbonyl (C=O) groups is 2. The van der Waals surface area contributed by atoms with Gasteiger partial charge in [0.05, 0.1) is 13.2 Å². The van der Waals surface area contributed by atoms with Gasteiger partial charge in [-0.3, -0.25) is 4.79 Å². The number of amides is 1. The maximum Gasteiger partial charge on any atom is 0.326 e. The van der Waals surface area contributed by atoms with Crippen molar-refractivity contribution < 1.29 is 24.2 Å². The van der Waals surface area contributed by atoms with Crippen LogP contribution < -0.4 is 9.47 Å². The number of ether oxygens (including phenoxy) is 2. The van der Waals surface area contributed by atoms with Gasteiger partial charge in [-0.1, -0.05) is 6.42 Å². The second-order valence-corrected chi connectivity index (χ2v) is 6.62. The van der Waals surface area contributed by atoms with Crippen molar-refractivity contribution >= 4 is 11.9 Å². The Kier molecular flexibility index (Phi) is 5.16. The third kappa shape index (κ3) is 3.30. The standard InChI is InChI=1S/C19H25NO5/c1-3-24-15-9-8-12(10-16(15)25-4-2)18(21)20-11-13-6-5-7-14(13)17(20)19(22)23/h8-10,13-14,17H,3-7,11H2,1-2H3,(H,22,23). The summed E-state index contributed by atoms with van der Waals surface area (Å²) in [5, 5.41) is 9.64. The van der Waals surface area contributed by atoms with E-state index >= 15 is 0 Å². The SMILES string of the molecule is CCOc1ccc(C(=O)N2CC3CCCC3C2C(=O)O)cc1OCC. The highest BCUT2D eigenvalue weighted by atomic mass is 16.5. The molecular formula is C19H25NO5. The summed E-state index contributed by atoms with van der Waals surface area (Å²) in [6, 6.07) is 4.34. The molecular weight excluding hydrogens is 322 g/mol. The summed E-state index contributed by atoms with van der Waals surface area (Å²) in [6.45, 7) is 5.24. The van der Waals surface area contributed by atoms with Crippen molar-refractivity contribution in [2.24, 2.45) is 11.8 Å². The van der Waals surface area contributed by atoms with Crippen LogP contribution in [0.4, 0.5) is 0 Å². The van der Waals surface area contributed by atoms with E-state index in [0.29, 0.717) is 42.7 Å². The van der Waals surface area contributed by atoms with Gasteiger partial charge in [-0.05, 0) is 56.7 Å². The number of nitrogens with zero attached hydrogens (tertiary/aromatic N) is 1. The zero-order chi connectivity index (χ0) is 18.0. The lowest BCUT2D eigenvalue weighted by Gasteiger charge is -2.25. The molecule has 0 bridgehead atoms. The van der Waals surface area contributed by atoms with Crippen LogP contribution in [-0.2, 0) is 4.79 Å². The van der Waals surface area contributed by atoms with Crippen LogP contribution in [0.3, 0.4) is 0 Å². The molecule has 1 aromatic rings. The van der Waals surface area contributed by atoms with E-state index < -0.39 is 12.0 Å². The van der Waals surface area contributed by atoms with Gasteiger partial charge < -0.3 is 19.5 Å². The number of benzene rings is 1. The molecule has 0 radical (unpaired) electrons. The largest absolute Gasteiger partial charge is 0.490 e. The summed E-state index contributed by atoms with van der Waals surface area (Å²) in [4.78, 5) is 26.3. The normalized spacial score (nSPS) is 24.9. The molecule has 3 unspecified atom stereocenters. The quantitative estimate of drug-likeness (QED) is 0.856. The number of hydrogen-bond donors (Lipinski definition) is 1. The molecule has 1 aliphatic carbocycles. The molecule has 6 heteroatoms. The van der Waals surface area contributed by atoms with Crippen LogP contribution in [0.5, 0.6) is 11.5 Å². The first-order valence-corrected chi connectivity index (χ1v) is 9.00. The number of hydrogen-bond acceptors (Lipinski definition) is 4. The molecule has 1 aliphatic heterocycles. The molecule has 1 saturated carbocycles. The van der Waals surface area contributed by atoms with E-state index in [2.05, 4.69) is 0 Å². The molecule has 1 aromatic carbocycles. The smallest absolute Gasteiger partial charge is 0.326 e. The van der Waals surface area contributed by atoms with E-state index in [1.54, 1.807) is 18.2 Å². The zero-order valence-electron chi connectivity index (χ0n) is 14.7. The lowest BCUT2D eigenvalue weighted by molar-refractivity contribution is -0.142. The average molecular weight is 347 g/mol. The average Bonchev–Trinajstić information content (AvgIpc) is 3.16. The minimum Gasteiger partial charge on any atom is -0.490 e. The van der Waals surface area contributed by atoms with Crippen LogP contribution in [-0.4, -0.2) is 47.7 Å². The Bertz CT molecular complexity index is 659. The number of rotatable bonds is 6. The summed E-state index contributed by atoms with van der Waals surface area (Å²) >= 11 is 0. The third-order valence-corrected chi connectivity index (χ3v) is 5.19. The van der Waals surface area contributed by atoms with E-state index in [1.165, 1.54) is 4.90 Å². The van der Waals surface area contributed by atoms with E-state index in [0.717, 1.165) is 19.3 Å². The second-order valence-electron chi connectivity index (χ2n) is 6.62. The molecule has 1 N–H and O–H groups in total. The molecule has 1 saturated heterocycles. The first-order chi connectivity index (χ1) is 12.1. The van der Waals surface area contributed by atoms with Crippen LogP contribution in [0.15, 0.2) is 18.2 Å². The number of carboxylic acid groups (broad SMARTS) is 1. The van der Waals surface area contributed by atoms with Gasteiger partial charge in [0.25, 0.3) is 5.91 Å². The molecule has 3 atom stereocenters. The summed E-state index contributed by atoms with van der Waals surface area (Å²) in [6.07, 6.45) is 2.95. The van der Waals surface area contributed by atoms with E-state index in [9.17, 15) is 14.7 Å². The molecule has 1 amide bonds. The predicted molar refractivity (Wildman–Crippen MR) is 92.1 cm³/mol. The summed E-state index contributed by atoms with van der Waals surface area (Å²) in [7, 11) is 0. The molecule has 136 valence electrons. The Morgan fingerprint density at radius 2 is 1.88 bits per heavy atom. The van der Waals surface area contributed by atoms with Gasteiger partial charge in [-0.25, -0.2) is 4.79 Å². The van der Waals surface area contributed by atoms with Gasteiger partial charge in [0.2, 0.25) is 0 Å². The maximum absolute atomic E-state index is 13.0. The summed E-state index contributed by atoms with van der Waals surface area (Å²) < 4.78 is 11.1. The molecule has 0 spiro atoms. The Labute approximate surface area is 147 Å². The number of fused-ring (bicyclic) bond motifs is 1. The number of aliphatic carboxylic acids is 1. The predicted octanol–water partition coefficient (Wildman–Crippen LogP) is 2.81. The van der Waals surface area contributed by atoms with Crippen LogP contribution >= 0.6 is 0 Å². The Hall–Kier alpha value is -2.24. The van der Waals surface area contributed by atoms with Gasteiger partial charge in [0.15, 0.2) is 11.5 Å². The summed E-state index contributed by atoms with van der Waals surface area (Å²) in [5.41, 5.74) is 0.443. The van der Waals surface area contributed by atoms with Crippen LogP contribution in [0, 0.1) is 11.8 Å². The fourth-order valence-electron chi connectivity index (χ4n) is 4.18. The van der Waals surface area contributed by atoms with Crippen LogP contribution in [0.2, 0.25) is 0 Å². The van der Waals surface area contributed by atoms with Crippen molar-refractivity contribution in [2.45, 2.75) is 39.2 Å². The highest BCUT2D eigenvalue weighted by Gasteiger charge is 2.49. The van der Waals surface area contributed by atoms with E-state index in [-0.39, 0.29) is 11.8 Å². The van der Waals surface area contributed by atoms with Crippen molar-refractivity contribution in [1.82, 2.24) is 4.90 Å². The molecule has 2 aliphatic rings. The van der Waals surface area contributed by atoms with Gasteiger partial charge >= 0.3 is 5.97 Å². The van der Waals surface area contributed by atoms with E-state index in [4.69, 9.17) is 9.47 Å². The van der Waals surface area contributed by atoms with Crippen LogP contribution in [0.25, 0.3) is 0 Å². The first kappa shape index (κ1) is 17.6. The molecule has 1 heterocycles. The lowest BCUT2D eigenvalue weighted by Crippen LogP contribution is -2.43. The van der Waals surface area contributed by atoms with Crippen molar-refractivity contribution in [3.63, 3.8) is 0 Å². The highest BCUT2D eigenvalue weighted by molar-refractivity contribution is 5.97. The van der Waals surface area contributed by atoms with Gasteiger partial charge in [-0.2, -0.15) is 0 Å². The van der Waals surface area contributed by atoms with Gasteiger partial charge in [0.1, 0.15) is 6.04 Å². The molecule has 3 rings (SSSR count). The summed E-state index contributed by atoms with van der Waals surface area (Å²) in [5.74, 6) is 0.342. The fraction of sp³-hybridized carbons (Fsp3) is 0.579. The monoisotopic (exact) mass is 347 g/mol. The minimum atomic E-state index is -0.904. The Morgan fingerprint density at radius 3 is 2.56 bits per heavy atom. The van der Waals surface area contributed by atoms with Gasteiger partial charge in [-0.15, -0.1) is 0 Å². The van der Waals surface area contributed by atoms with Crippen molar-refractivity contribution in [1.29, 1.82) is 0 Å². The number of carbonyl (C=O) groups excluding carboxylic acids is 1. The van der Waals surface area contributed by atoms with Crippen molar-refractivity contribution in [3.05, 3.63) is 23.8 Å². The lowest BCUT2D eigenvalue weighted by atomic mass is 9.94. The van der Waals surface area contributed by atoms with Crippen molar-refractivity contribution in [2.75, 3.05) is 19.8 Å². The topological polar surface area (TPSA) is 76.1 Å². The molecule has 0 aromatic heterocycles. The highest BCUT2D eigenvalue weighted by Crippen LogP contribution is 2.43. The molecule has 2 fully saturated rings. The van der Waals surface area contributed by atoms with Crippen LogP contribution in [0.1, 0.15) is 43.5 Å². The first-order valence-electron chi connectivity index (χ1n) is 9.00. The Balaban J connectivity index is 1.87. The fourth-order valence-corrected chi connectivity index (χ4v) is 4.18.